The Morgan fingerprint density at radius 1 is 1.14 bits per heavy atom. The molecule has 2 rings (SSSR count). The Morgan fingerprint density at radius 3 is 2.24 bits per heavy atom. The molecule has 0 fully saturated rings. The summed E-state index contributed by atoms with van der Waals surface area (Å²) in [4.78, 5) is 14.5. The molecule has 4 nitrogen and oxygen atoms in total. The van der Waals surface area contributed by atoms with Crippen molar-refractivity contribution in [3.05, 3.63) is 52.2 Å². The first-order chi connectivity index (χ1) is 9.81. The van der Waals surface area contributed by atoms with Gasteiger partial charge in [0.15, 0.2) is 23.3 Å². The highest BCUT2D eigenvalue weighted by Gasteiger charge is 2.22. The zero-order chi connectivity index (χ0) is 15.7. The van der Waals surface area contributed by atoms with Gasteiger partial charge in [0.2, 0.25) is 0 Å². The zero-order valence-corrected chi connectivity index (χ0v) is 10.7. The third-order valence-electron chi connectivity index (χ3n) is 2.45. The number of aromatic nitrogens is 1. The van der Waals surface area contributed by atoms with Gasteiger partial charge in [0, 0.05) is 6.07 Å². The molecule has 0 saturated heterocycles. The lowest BCUT2D eigenvalue weighted by Gasteiger charge is -2.11. The first-order valence-corrected chi connectivity index (χ1v) is 5.69. The van der Waals surface area contributed by atoms with Gasteiger partial charge in [-0.25, -0.2) is 27.3 Å². The van der Waals surface area contributed by atoms with E-state index in [4.69, 9.17) is 16.7 Å². The summed E-state index contributed by atoms with van der Waals surface area (Å²) in [7, 11) is 0. The maximum absolute atomic E-state index is 13.5. The average Bonchev–Trinajstić information content (AvgIpc) is 2.41. The second-order valence-corrected chi connectivity index (χ2v) is 4.19. The molecule has 0 saturated carbocycles. The minimum atomic E-state index is -1.72. The number of pyridine rings is 1. The number of hydrogen-bond donors (Lipinski definition) is 2. The molecule has 21 heavy (non-hydrogen) atoms. The van der Waals surface area contributed by atoms with E-state index in [0.29, 0.717) is 0 Å². The van der Waals surface area contributed by atoms with Crippen molar-refractivity contribution in [1.82, 2.24) is 4.98 Å². The molecule has 0 aliphatic heterocycles. The number of halogens is 5. The topological polar surface area (TPSA) is 62.2 Å². The van der Waals surface area contributed by atoms with Gasteiger partial charge in [-0.3, -0.25) is 0 Å². The van der Waals surface area contributed by atoms with Crippen molar-refractivity contribution >= 4 is 29.1 Å². The molecular formula is C12H5ClF4N2O2. The van der Waals surface area contributed by atoms with Gasteiger partial charge in [0.05, 0.1) is 0 Å². The molecule has 0 aliphatic rings. The minimum Gasteiger partial charge on any atom is -0.478 e. The largest absolute Gasteiger partial charge is 0.478 e. The summed E-state index contributed by atoms with van der Waals surface area (Å²) in [5, 5.41) is 10.6. The van der Waals surface area contributed by atoms with E-state index in [-0.39, 0.29) is 11.2 Å². The fraction of sp³-hybridized carbons (Fsp3) is 0. The summed E-state index contributed by atoms with van der Waals surface area (Å²) in [5.74, 6) is -8.75. The summed E-state index contributed by atoms with van der Waals surface area (Å²) in [6.07, 6.45) is 0. The third kappa shape index (κ3) is 2.89. The molecule has 1 aromatic heterocycles. The highest BCUT2D eigenvalue weighted by molar-refractivity contribution is 6.29. The predicted molar refractivity (Wildman–Crippen MR) is 65.8 cm³/mol. The van der Waals surface area contributed by atoms with Gasteiger partial charge in [-0.2, -0.15) is 0 Å². The Morgan fingerprint density at radius 2 is 1.71 bits per heavy atom. The summed E-state index contributed by atoms with van der Waals surface area (Å²) in [5.41, 5.74) is -1.69. The normalized spacial score (nSPS) is 10.5. The molecule has 1 heterocycles. The summed E-state index contributed by atoms with van der Waals surface area (Å²) in [6, 6.07) is 2.18. The van der Waals surface area contributed by atoms with Crippen molar-refractivity contribution < 1.29 is 27.5 Å². The van der Waals surface area contributed by atoms with Crippen LogP contribution in [0.4, 0.5) is 29.1 Å². The van der Waals surface area contributed by atoms with Crippen LogP contribution in [0.25, 0.3) is 0 Å². The zero-order valence-electron chi connectivity index (χ0n) is 9.92. The second-order valence-electron chi connectivity index (χ2n) is 3.80. The fourth-order valence-corrected chi connectivity index (χ4v) is 1.65. The molecule has 0 unspecified atom stereocenters. The van der Waals surface area contributed by atoms with Crippen LogP contribution in [0.2, 0.25) is 5.15 Å². The molecular weight excluding hydrogens is 316 g/mol. The number of carboxylic acid groups (broad SMARTS) is 1. The number of anilines is 2. The Bertz CT molecular complexity index is 713. The van der Waals surface area contributed by atoms with Crippen LogP contribution in [0.1, 0.15) is 10.4 Å². The van der Waals surface area contributed by atoms with Crippen molar-refractivity contribution in [2.24, 2.45) is 0 Å². The van der Waals surface area contributed by atoms with E-state index >= 15 is 0 Å². The Balaban J connectivity index is 2.58. The lowest BCUT2D eigenvalue weighted by atomic mass is 10.2. The van der Waals surface area contributed by atoms with Gasteiger partial charge in [0.25, 0.3) is 0 Å². The number of rotatable bonds is 3. The number of carbonyl (C=O) groups is 1. The van der Waals surface area contributed by atoms with Crippen molar-refractivity contribution in [3.63, 3.8) is 0 Å². The maximum Gasteiger partial charge on any atom is 0.339 e. The maximum atomic E-state index is 13.5. The second kappa shape index (κ2) is 5.57. The Labute approximate surface area is 120 Å². The number of aromatic carboxylic acids is 1. The van der Waals surface area contributed by atoms with E-state index in [0.717, 1.165) is 12.1 Å². The number of nitrogens with one attached hydrogen (secondary N) is 1. The van der Waals surface area contributed by atoms with E-state index < -0.39 is 46.3 Å². The van der Waals surface area contributed by atoms with Gasteiger partial charge in [-0.05, 0) is 12.1 Å². The van der Waals surface area contributed by atoms with Crippen molar-refractivity contribution in [2.45, 2.75) is 0 Å². The highest BCUT2D eigenvalue weighted by Crippen LogP contribution is 2.28. The Hall–Kier alpha value is -2.35. The van der Waals surface area contributed by atoms with Crippen molar-refractivity contribution in [3.8, 4) is 0 Å². The molecule has 0 bridgehead atoms. The van der Waals surface area contributed by atoms with Crippen molar-refractivity contribution in [1.29, 1.82) is 0 Å². The van der Waals surface area contributed by atoms with Crippen molar-refractivity contribution in [2.75, 3.05) is 5.32 Å². The van der Waals surface area contributed by atoms with Gasteiger partial charge in [-0.1, -0.05) is 11.6 Å². The molecule has 0 amide bonds. The number of nitrogens with zero attached hydrogens (tertiary/aromatic N) is 1. The first-order valence-electron chi connectivity index (χ1n) is 5.31. The number of benzene rings is 1. The highest BCUT2D eigenvalue weighted by atomic mass is 35.5. The van der Waals surface area contributed by atoms with E-state index in [2.05, 4.69) is 4.98 Å². The molecule has 0 radical (unpaired) electrons. The lowest BCUT2D eigenvalue weighted by Crippen LogP contribution is -2.09. The SMILES string of the molecule is O=C(O)c1ccc(Cl)nc1Nc1c(F)c(F)cc(F)c1F. The molecule has 0 spiro atoms. The lowest BCUT2D eigenvalue weighted by molar-refractivity contribution is 0.0697. The van der Waals surface area contributed by atoms with Crippen LogP contribution in [-0.4, -0.2) is 16.1 Å². The van der Waals surface area contributed by atoms with Crippen LogP contribution in [0.3, 0.4) is 0 Å². The minimum absolute atomic E-state index is 0.0271. The first kappa shape index (κ1) is 15.0. The van der Waals surface area contributed by atoms with Crippen LogP contribution in [0.5, 0.6) is 0 Å². The summed E-state index contributed by atoms with van der Waals surface area (Å²) >= 11 is 5.55. The van der Waals surface area contributed by atoms with Gasteiger partial charge >= 0.3 is 5.97 Å². The van der Waals surface area contributed by atoms with E-state index in [9.17, 15) is 22.4 Å². The fourth-order valence-electron chi connectivity index (χ4n) is 1.50. The molecule has 0 atom stereocenters. The Kier molecular flexibility index (Phi) is 3.99. The molecule has 9 heteroatoms. The summed E-state index contributed by atoms with van der Waals surface area (Å²) < 4.78 is 53.2. The number of hydrogen-bond acceptors (Lipinski definition) is 3. The van der Waals surface area contributed by atoms with Crippen LogP contribution < -0.4 is 5.32 Å². The van der Waals surface area contributed by atoms with Gasteiger partial charge < -0.3 is 10.4 Å². The molecule has 0 aliphatic carbocycles. The van der Waals surface area contributed by atoms with Crippen LogP contribution in [0, 0.1) is 23.3 Å². The smallest absolute Gasteiger partial charge is 0.339 e. The van der Waals surface area contributed by atoms with Gasteiger partial charge in [0.1, 0.15) is 22.2 Å². The van der Waals surface area contributed by atoms with E-state index in [1.165, 1.54) is 0 Å². The van der Waals surface area contributed by atoms with E-state index in [1.54, 1.807) is 0 Å². The predicted octanol–water partition coefficient (Wildman–Crippen LogP) is 3.73. The average molecular weight is 321 g/mol. The standard InChI is InChI=1S/C12H5ClF4N2O2/c13-7-2-1-4(12(20)21)11(18-7)19-10-8(16)5(14)3-6(15)9(10)17/h1-3H,(H,18,19)(H,20,21). The molecule has 2 N–H and O–H groups in total. The molecule has 1 aromatic carbocycles. The van der Waals surface area contributed by atoms with Crippen LogP contribution in [0.15, 0.2) is 18.2 Å². The molecule has 110 valence electrons. The van der Waals surface area contributed by atoms with E-state index in [1.807, 2.05) is 5.32 Å². The van der Waals surface area contributed by atoms with Crippen LogP contribution in [-0.2, 0) is 0 Å². The monoisotopic (exact) mass is 320 g/mol. The third-order valence-corrected chi connectivity index (χ3v) is 2.66. The summed E-state index contributed by atoms with van der Waals surface area (Å²) in [6.45, 7) is 0. The quantitative estimate of drug-likeness (QED) is 0.514. The van der Waals surface area contributed by atoms with Crippen LogP contribution >= 0.6 is 11.6 Å². The molecule has 2 aromatic rings. The number of carboxylic acids is 1. The van der Waals surface area contributed by atoms with Gasteiger partial charge in [-0.15, -0.1) is 0 Å².